The second-order valence-electron chi connectivity index (χ2n) is 3.81. The molecule has 0 unspecified atom stereocenters. The Morgan fingerprint density at radius 2 is 2.26 bits per heavy atom. The third kappa shape index (κ3) is 3.09. The van der Waals surface area contributed by atoms with E-state index in [1.54, 1.807) is 22.6 Å². The molecule has 19 heavy (non-hydrogen) atoms. The minimum absolute atomic E-state index is 0.580. The van der Waals surface area contributed by atoms with Gasteiger partial charge in [0.05, 0.1) is 12.4 Å². The van der Waals surface area contributed by atoms with Crippen molar-refractivity contribution in [1.29, 1.82) is 5.26 Å². The summed E-state index contributed by atoms with van der Waals surface area (Å²) in [5.74, 6) is 2.15. The minimum atomic E-state index is 0.580. The van der Waals surface area contributed by atoms with Crippen LogP contribution in [-0.4, -0.2) is 15.5 Å². The molecule has 2 rings (SSSR count). The first-order valence-corrected chi connectivity index (χ1v) is 7.13. The van der Waals surface area contributed by atoms with Crippen LogP contribution in [0.1, 0.15) is 19.4 Å². The van der Waals surface area contributed by atoms with Crippen molar-refractivity contribution in [2.75, 3.05) is 5.75 Å². The van der Waals surface area contributed by atoms with Crippen LogP contribution in [0.5, 0.6) is 11.5 Å². The average Bonchev–Trinajstić information content (AvgIpc) is 2.87. The van der Waals surface area contributed by atoms with Gasteiger partial charge in [0.15, 0.2) is 5.75 Å². The van der Waals surface area contributed by atoms with Crippen LogP contribution in [0.2, 0.25) is 0 Å². The fourth-order valence-corrected chi connectivity index (χ4v) is 2.46. The van der Waals surface area contributed by atoms with Crippen molar-refractivity contribution in [3.8, 4) is 17.6 Å². The molecule has 0 aliphatic heterocycles. The maximum absolute atomic E-state index is 9.29. The van der Waals surface area contributed by atoms with E-state index in [4.69, 9.17) is 4.74 Å². The number of nitriles is 1. The van der Waals surface area contributed by atoms with Gasteiger partial charge in [-0.25, -0.2) is 0 Å². The van der Waals surface area contributed by atoms with E-state index >= 15 is 0 Å². The van der Waals surface area contributed by atoms with Crippen LogP contribution >= 0.6 is 11.8 Å². The maximum atomic E-state index is 9.29. The Labute approximate surface area is 117 Å². The minimum Gasteiger partial charge on any atom is -0.453 e. The molecule has 98 valence electrons. The Morgan fingerprint density at radius 1 is 1.42 bits per heavy atom. The third-order valence-corrected chi connectivity index (χ3v) is 3.50. The number of ether oxygens (including phenoxy) is 1. The Morgan fingerprint density at radius 3 is 2.89 bits per heavy atom. The van der Waals surface area contributed by atoms with Gasteiger partial charge in [0.25, 0.3) is 0 Å². The normalized spacial score (nSPS) is 10.2. The summed E-state index contributed by atoms with van der Waals surface area (Å²) < 4.78 is 7.53. The first-order valence-electron chi connectivity index (χ1n) is 6.14. The molecule has 0 saturated heterocycles. The summed E-state index contributed by atoms with van der Waals surface area (Å²) in [7, 11) is 0. The molecule has 0 aliphatic rings. The van der Waals surface area contributed by atoms with Crippen LogP contribution in [-0.2, 0) is 6.54 Å². The van der Waals surface area contributed by atoms with E-state index in [2.05, 4.69) is 18.1 Å². The number of thioether (sulfide) groups is 1. The zero-order valence-corrected chi connectivity index (χ0v) is 11.8. The molecule has 0 saturated carbocycles. The van der Waals surface area contributed by atoms with Gasteiger partial charge in [0.2, 0.25) is 0 Å². The van der Waals surface area contributed by atoms with Crippen LogP contribution < -0.4 is 4.74 Å². The third-order valence-electron chi connectivity index (χ3n) is 2.56. The van der Waals surface area contributed by atoms with Crippen LogP contribution in [0.3, 0.4) is 0 Å². The van der Waals surface area contributed by atoms with Crippen molar-refractivity contribution < 1.29 is 4.74 Å². The number of rotatable bonds is 5. The van der Waals surface area contributed by atoms with Crippen molar-refractivity contribution in [3.05, 3.63) is 36.2 Å². The summed E-state index contributed by atoms with van der Waals surface area (Å²) in [6.45, 7) is 4.86. The number of hydrogen-bond donors (Lipinski definition) is 0. The van der Waals surface area contributed by atoms with Crippen molar-refractivity contribution >= 4 is 11.8 Å². The van der Waals surface area contributed by atoms with E-state index < -0.39 is 0 Å². The van der Waals surface area contributed by atoms with E-state index in [0.717, 1.165) is 17.2 Å². The molecule has 0 aliphatic carbocycles. The summed E-state index contributed by atoms with van der Waals surface area (Å²) in [5.41, 5.74) is 0.582. The molecule has 1 heterocycles. The lowest BCUT2D eigenvalue weighted by molar-refractivity contribution is 0.478. The van der Waals surface area contributed by atoms with E-state index in [1.807, 2.05) is 31.3 Å². The Kier molecular flexibility index (Phi) is 4.48. The standard InChI is InChI=1S/C14H15N3OS/c1-3-17-10-11(9-16-17)18-13-6-5-7-14(19-4-2)12(13)8-15/h5-7,9-10H,3-4H2,1-2H3. The SMILES string of the molecule is CCSc1cccc(Oc2cnn(CC)c2)c1C#N. The predicted molar refractivity (Wildman–Crippen MR) is 75.5 cm³/mol. The maximum Gasteiger partial charge on any atom is 0.165 e. The molecular formula is C14H15N3OS. The first kappa shape index (κ1) is 13.5. The van der Waals surface area contributed by atoms with Gasteiger partial charge in [-0.3, -0.25) is 4.68 Å². The lowest BCUT2D eigenvalue weighted by Gasteiger charge is -2.08. The molecule has 0 spiro atoms. The fourth-order valence-electron chi connectivity index (χ4n) is 1.68. The van der Waals surface area contributed by atoms with Crippen LogP contribution in [0.15, 0.2) is 35.5 Å². The topological polar surface area (TPSA) is 50.8 Å². The second-order valence-corrected chi connectivity index (χ2v) is 5.11. The molecule has 4 nitrogen and oxygen atoms in total. The molecule has 0 fully saturated rings. The highest BCUT2D eigenvalue weighted by Gasteiger charge is 2.10. The largest absolute Gasteiger partial charge is 0.453 e. The zero-order valence-electron chi connectivity index (χ0n) is 11.0. The molecule has 0 radical (unpaired) electrons. The summed E-state index contributed by atoms with van der Waals surface area (Å²) in [6.07, 6.45) is 3.48. The van der Waals surface area contributed by atoms with Crippen molar-refractivity contribution in [2.24, 2.45) is 0 Å². The molecule has 0 N–H and O–H groups in total. The average molecular weight is 273 g/mol. The van der Waals surface area contributed by atoms with Gasteiger partial charge in [0, 0.05) is 11.4 Å². The molecule has 0 bridgehead atoms. The highest BCUT2D eigenvalue weighted by atomic mass is 32.2. The van der Waals surface area contributed by atoms with Crippen LogP contribution in [0.25, 0.3) is 0 Å². The van der Waals surface area contributed by atoms with E-state index in [0.29, 0.717) is 17.1 Å². The fraction of sp³-hybridized carbons (Fsp3) is 0.286. The summed E-state index contributed by atoms with van der Waals surface area (Å²) in [6, 6.07) is 7.86. The van der Waals surface area contributed by atoms with Crippen LogP contribution in [0.4, 0.5) is 0 Å². The van der Waals surface area contributed by atoms with Gasteiger partial charge in [-0.15, -0.1) is 11.8 Å². The molecular weight excluding hydrogens is 258 g/mol. The summed E-state index contributed by atoms with van der Waals surface area (Å²) >= 11 is 1.64. The van der Waals surface area contributed by atoms with Gasteiger partial charge in [0.1, 0.15) is 17.4 Å². The van der Waals surface area contributed by atoms with E-state index in [9.17, 15) is 5.26 Å². The predicted octanol–water partition coefficient (Wildman–Crippen LogP) is 3.68. The van der Waals surface area contributed by atoms with Crippen molar-refractivity contribution in [2.45, 2.75) is 25.3 Å². The highest BCUT2D eigenvalue weighted by Crippen LogP contribution is 2.32. The highest BCUT2D eigenvalue weighted by molar-refractivity contribution is 7.99. The van der Waals surface area contributed by atoms with E-state index in [-0.39, 0.29) is 0 Å². The smallest absolute Gasteiger partial charge is 0.165 e. The summed E-state index contributed by atoms with van der Waals surface area (Å²) in [4.78, 5) is 0.949. The quantitative estimate of drug-likeness (QED) is 0.780. The van der Waals surface area contributed by atoms with E-state index in [1.165, 1.54) is 0 Å². The lowest BCUT2D eigenvalue weighted by Crippen LogP contribution is -1.92. The molecule has 0 amide bonds. The molecule has 2 aromatic rings. The molecule has 1 aromatic carbocycles. The monoisotopic (exact) mass is 273 g/mol. The first-order chi connectivity index (χ1) is 9.28. The summed E-state index contributed by atoms with van der Waals surface area (Å²) in [5, 5.41) is 13.4. The van der Waals surface area contributed by atoms with Gasteiger partial charge in [-0.05, 0) is 24.8 Å². The number of aryl methyl sites for hydroxylation is 1. The van der Waals surface area contributed by atoms with Crippen molar-refractivity contribution in [3.63, 3.8) is 0 Å². The van der Waals surface area contributed by atoms with Gasteiger partial charge >= 0.3 is 0 Å². The molecule has 5 heteroatoms. The zero-order chi connectivity index (χ0) is 13.7. The number of nitrogens with zero attached hydrogens (tertiary/aromatic N) is 3. The van der Waals surface area contributed by atoms with Gasteiger partial charge in [-0.1, -0.05) is 13.0 Å². The van der Waals surface area contributed by atoms with Crippen LogP contribution in [0, 0.1) is 11.3 Å². The number of benzene rings is 1. The molecule has 1 aromatic heterocycles. The van der Waals surface area contributed by atoms with Gasteiger partial charge in [-0.2, -0.15) is 10.4 Å². The number of aromatic nitrogens is 2. The Bertz CT molecular complexity index is 601. The Hall–Kier alpha value is -1.93. The number of hydrogen-bond acceptors (Lipinski definition) is 4. The van der Waals surface area contributed by atoms with Crippen molar-refractivity contribution in [1.82, 2.24) is 9.78 Å². The second kappa shape index (κ2) is 6.30. The molecule has 0 atom stereocenters. The van der Waals surface area contributed by atoms with Gasteiger partial charge < -0.3 is 4.74 Å². The lowest BCUT2D eigenvalue weighted by atomic mass is 10.2. The Balaban J connectivity index is 2.29.